The van der Waals surface area contributed by atoms with Crippen molar-refractivity contribution in [1.82, 2.24) is 0 Å². The Bertz CT molecular complexity index is 317. The maximum atomic E-state index is 6.04. The first-order valence-corrected chi connectivity index (χ1v) is 6.98. The molecule has 2 heteroatoms. The van der Waals surface area contributed by atoms with Crippen LogP contribution in [0.5, 0.6) is 0 Å². The molecule has 0 saturated carbocycles. The summed E-state index contributed by atoms with van der Waals surface area (Å²) in [5.41, 5.74) is 7.44. The van der Waals surface area contributed by atoms with Gasteiger partial charge in [-0.1, -0.05) is 51.1 Å². The Morgan fingerprint density at radius 3 is 2.39 bits per heavy atom. The molecule has 1 rings (SSSR count). The highest BCUT2D eigenvalue weighted by atomic mass is 16.5. The van der Waals surface area contributed by atoms with Crippen molar-refractivity contribution in [2.24, 2.45) is 11.7 Å². The molecule has 0 bridgehead atoms. The molecule has 1 unspecified atom stereocenters. The molecule has 102 valence electrons. The van der Waals surface area contributed by atoms with Gasteiger partial charge in [-0.25, -0.2) is 0 Å². The Morgan fingerprint density at radius 1 is 1.22 bits per heavy atom. The Labute approximate surface area is 112 Å². The summed E-state index contributed by atoms with van der Waals surface area (Å²) in [4.78, 5) is 0. The molecule has 0 heterocycles. The van der Waals surface area contributed by atoms with E-state index in [0.717, 1.165) is 26.1 Å². The fraction of sp³-hybridized carbons (Fsp3) is 0.625. The third kappa shape index (κ3) is 4.11. The standard InChI is InChI=1S/C16H27NO/c1-4-16(13-17,10-11-18-12-14(2)3)15-8-6-5-7-9-15/h5-9,14H,4,10-13,17H2,1-3H3. The summed E-state index contributed by atoms with van der Waals surface area (Å²) >= 11 is 0. The van der Waals surface area contributed by atoms with Gasteiger partial charge in [0.2, 0.25) is 0 Å². The maximum absolute atomic E-state index is 6.04. The first-order chi connectivity index (χ1) is 8.64. The van der Waals surface area contributed by atoms with Crippen LogP contribution in [-0.2, 0) is 10.2 Å². The Balaban J connectivity index is 2.64. The van der Waals surface area contributed by atoms with Crippen LogP contribution in [0.4, 0.5) is 0 Å². The normalized spacial score (nSPS) is 14.7. The van der Waals surface area contributed by atoms with Gasteiger partial charge in [0.15, 0.2) is 0 Å². The number of hydrogen-bond acceptors (Lipinski definition) is 2. The van der Waals surface area contributed by atoms with Crippen molar-refractivity contribution in [3.8, 4) is 0 Å². The first-order valence-electron chi connectivity index (χ1n) is 6.98. The molecule has 1 aromatic carbocycles. The predicted octanol–water partition coefficient (Wildman–Crippen LogP) is 3.36. The van der Waals surface area contributed by atoms with E-state index in [1.165, 1.54) is 5.56 Å². The van der Waals surface area contributed by atoms with Crippen molar-refractivity contribution >= 4 is 0 Å². The number of hydrogen-bond donors (Lipinski definition) is 1. The Morgan fingerprint density at radius 2 is 1.89 bits per heavy atom. The van der Waals surface area contributed by atoms with Crippen molar-refractivity contribution in [3.63, 3.8) is 0 Å². The minimum absolute atomic E-state index is 0.0677. The van der Waals surface area contributed by atoms with Crippen LogP contribution < -0.4 is 5.73 Å². The molecule has 0 spiro atoms. The van der Waals surface area contributed by atoms with Crippen molar-refractivity contribution in [1.29, 1.82) is 0 Å². The van der Waals surface area contributed by atoms with E-state index >= 15 is 0 Å². The van der Waals surface area contributed by atoms with Crippen LogP contribution in [0.15, 0.2) is 30.3 Å². The number of nitrogens with two attached hydrogens (primary N) is 1. The molecule has 1 aromatic rings. The van der Waals surface area contributed by atoms with E-state index in [0.29, 0.717) is 12.5 Å². The molecular formula is C16H27NO. The highest BCUT2D eigenvalue weighted by Gasteiger charge is 2.28. The van der Waals surface area contributed by atoms with Crippen molar-refractivity contribution in [3.05, 3.63) is 35.9 Å². The summed E-state index contributed by atoms with van der Waals surface area (Å²) in [5.74, 6) is 0.593. The number of rotatable bonds is 8. The zero-order valence-electron chi connectivity index (χ0n) is 12.0. The van der Waals surface area contributed by atoms with Gasteiger partial charge in [0.1, 0.15) is 0 Å². The molecule has 0 aliphatic heterocycles. The predicted molar refractivity (Wildman–Crippen MR) is 77.7 cm³/mol. The molecule has 0 fully saturated rings. The SMILES string of the molecule is CCC(CN)(CCOCC(C)C)c1ccccc1. The van der Waals surface area contributed by atoms with Gasteiger partial charge in [0.05, 0.1) is 0 Å². The summed E-state index contributed by atoms with van der Waals surface area (Å²) in [6.45, 7) is 8.86. The van der Waals surface area contributed by atoms with Crippen LogP contribution in [-0.4, -0.2) is 19.8 Å². The smallest absolute Gasteiger partial charge is 0.0488 e. The second-order valence-corrected chi connectivity index (χ2v) is 5.42. The number of benzene rings is 1. The summed E-state index contributed by atoms with van der Waals surface area (Å²) in [7, 11) is 0. The van der Waals surface area contributed by atoms with Gasteiger partial charge >= 0.3 is 0 Å². The molecular weight excluding hydrogens is 222 g/mol. The zero-order valence-corrected chi connectivity index (χ0v) is 12.0. The van der Waals surface area contributed by atoms with E-state index < -0.39 is 0 Å². The van der Waals surface area contributed by atoms with E-state index in [-0.39, 0.29) is 5.41 Å². The summed E-state index contributed by atoms with van der Waals surface area (Å²) in [6, 6.07) is 10.6. The third-order valence-electron chi connectivity index (χ3n) is 3.63. The van der Waals surface area contributed by atoms with Crippen LogP contribution in [0.25, 0.3) is 0 Å². The summed E-state index contributed by atoms with van der Waals surface area (Å²) < 4.78 is 5.72. The van der Waals surface area contributed by atoms with Gasteiger partial charge < -0.3 is 10.5 Å². The van der Waals surface area contributed by atoms with Gasteiger partial charge in [-0.2, -0.15) is 0 Å². The van der Waals surface area contributed by atoms with Gasteiger partial charge in [-0.3, -0.25) is 0 Å². The lowest BCUT2D eigenvalue weighted by molar-refractivity contribution is 0.0922. The summed E-state index contributed by atoms with van der Waals surface area (Å²) in [5, 5.41) is 0. The molecule has 0 aliphatic rings. The van der Waals surface area contributed by atoms with Crippen LogP contribution in [0.1, 0.15) is 39.2 Å². The molecule has 0 aliphatic carbocycles. The minimum atomic E-state index is 0.0677. The van der Waals surface area contributed by atoms with Crippen LogP contribution >= 0.6 is 0 Å². The molecule has 2 N–H and O–H groups in total. The third-order valence-corrected chi connectivity index (χ3v) is 3.63. The van der Waals surface area contributed by atoms with E-state index in [9.17, 15) is 0 Å². The number of ether oxygens (including phenoxy) is 1. The molecule has 0 saturated heterocycles. The largest absolute Gasteiger partial charge is 0.381 e. The van der Waals surface area contributed by atoms with E-state index in [2.05, 4.69) is 51.1 Å². The Hall–Kier alpha value is -0.860. The van der Waals surface area contributed by atoms with Crippen LogP contribution in [0.3, 0.4) is 0 Å². The highest BCUT2D eigenvalue weighted by Crippen LogP contribution is 2.30. The highest BCUT2D eigenvalue weighted by molar-refractivity contribution is 5.25. The average molecular weight is 249 g/mol. The molecule has 2 nitrogen and oxygen atoms in total. The molecule has 0 aromatic heterocycles. The quantitative estimate of drug-likeness (QED) is 0.717. The van der Waals surface area contributed by atoms with Gasteiger partial charge in [-0.05, 0) is 24.3 Å². The average Bonchev–Trinajstić information content (AvgIpc) is 2.40. The fourth-order valence-corrected chi connectivity index (χ4v) is 2.27. The molecule has 0 radical (unpaired) electrons. The van der Waals surface area contributed by atoms with Crippen LogP contribution in [0.2, 0.25) is 0 Å². The lowest BCUT2D eigenvalue weighted by Gasteiger charge is -2.32. The van der Waals surface area contributed by atoms with E-state index in [1.54, 1.807) is 0 Å². The van der Waals surface area contributed by atoms with Gasteiger partial charge in [0, 0.05) is 25.2 Å². The first kappa shape index (κ1) is 15.2. The second kappa shape index (κ2) is 7.55. The maximum Gasteiger partial charge on any atom is 0.0488 e. The molecule has 0 amide bonds. The molecule has 1 atom stereocenters. The van der Waals surface area contributed by atoms with Crippen LogP contribution in [0, 0.1) is 5.92 Å². The monoisotopic (exact) mass is 249 g/mol. The Kier molecular flexibility index (Phi) is 6.37. The fourth-order valence-electron chi connectivity index (χ4n) is 2.27. The minimum Gasteiger partial charge on any atom is -0.381 e. The van der Waals surface area contributed by atoms with Crippen molar-refractivity contribution in [2.45, 2.75) is 39.0 Å². The molecule has 18 heavy (non-hydrogen) atoms. The van der Waals surface area contributed by atoms with E-state index in [1.807, 2.05) is 0 Å². The lowest BCUT2D eigenvalue weighted by atomic mass is 9.75. The second-order valence-electron chi connectivity index (χ2n) is 5.42. The zero-order chi connectivity index (χ0) is 13.4. The summed E-state index contributed by atoms with van der Waals surface area (Å²) in [6.07, 6.45) is 2.05. The van der Waals surface area contributed by atoms with Crippen molar-refractivity contribution in [2.75, 3.05) is 19.8 Å². The topological polar surface area (TPSA) is 35.2 Å². The van der Waals surface area contributed by atoms with E-state index in [4.69, 9.17) is 10.5 Å². The van der Waals surface area contributed by atoms with Crippen molar-refractivity contribution < 1.29 is 4.74 Å². The van der Waals surface area contributed by atoms with Gasteiger partial charge in [0.25, 0.3) is 0 Å². The van der Waals surface area contributed by atoms with Gasteiger partial charge in [-0.15, -0.1) is 0 Å². The lowest BCUT2D eigenvalue weighted by Crippen LogP contribution is -2.36.